The normalized spacial score (nSPS) is 18.6. The molecule has 0 unspecified atom stereocenters. The summed E-state index contributed by atoms with van der Waals surface area (Å²) >= 11 is 0. The van der Waals surface area contributed by atoms with E-state index in [1.54, 1.807) is 39.1 Å². The molecule has 2 aliphatic rings. The first-order valence-corrected chi connectivity index (χ1v) is 14.9. The second-order valence-electron chi connectivity index (χ2n) is 11.5. The number of imidazole rings is 1. The van der Waals surface area contributed by atoms with Crippen molar-refractivity contribution in [3.05, 3.63) is 60.3 Å². The molecular weight excluding hydrogens is 583 g/mol. The van der Waals surface area contributed by atoms with Crippen LogP contribution in [0.4, 0.5) is 19.7 Å². The molecular formula is C32H37FN6O6. The number of aromatic amines is 1. The zero-order valence-electron chi connectivity index (χ0n) is 25.6. The van der Waals surface area contributed by atoms with Gasteiger partial charge in [0.25, 0.3) is 0 Å². The molecule has 238 valence electrons. The maximum Gasteiger partial charge on any atom is 0.414 e. The molecule has 0 spiro atoms. The Balaban J connectivity index is 1.21. The molecule has 3 aromatic rings. The van der Waals surface area contributed by atoms with Gasteiger partial charge in [-0.05, 0) is 48.1 Å². The summed E-state index contributed by atoms with van der Waals surface area (Å²) in [6.45, 7) is 5.98. The van der Waals surface area contributed by atoms with Gasteiger partial charge < -0.3 is 30.0 Å². The van der Waals surface area contributed by atoms with Gasteiger partial charge in [0.15, 0.2) is 0 Å². The number of hydrogen-bond donors (Lipinski definition) is 3. The Morgan fingerprint density at radius 1 is 1.16 bits per heavy atom. The van der Waals surface area contributed by atoms with E-state index in [0.717, 1.165) is 36.5 Å². The van der Waals surface area contributed by atoms with Gasteiger partial charge in [-0.2, -0.15) is 0 Å². The lowest BCUT2D eigenvalue weighted by molar-refractivity contribution is -0.130. The van der Waals surface area contributed by atoms with Crippen molar-refractivity contribution in [2.24, 2.45) is 5.92 Å². The number of nitrogens with zero attached hydrogens (tertiary/aromatic N) is 3. The number of carbonyl (C=O) groups is 4. The average molecular weight is 621 g/mol. The molecule has 0 bridgehead atoms. The first-order chi connectivity index (χ1) is 21.5. The van der Waals surface area contributed by atoms with Crippen molar-refractivity contribution >= 4 is 29.7 Å². The van der Waals surface area contributed by atoms with Crippen LogP contribution in [0.3, 0.4) is 0 Å². The van der Waals surface area contributed by atoms with Crippen LogP contribution in [0, 0.1) is 11.7 Å². The topological polar surface area (TPSA) is 146 Å². The highest BCUT2D eigenvalue weighted by atomic mass is 19.1. The van der Waals surface area contributed by atoms with Crippen LogP contribution in [0.15, 0.2) is 48.7 Å². The number of ether oxygens (including phenoxy) is 2. The Kier molecular flexibility index (Phi) is 9.35. The molecule has 2 fully saturated rings. The summed E-state index contributed by atoms with van der Waals surface area (Å²) in [7, 11) is 1.21. The Morgan fingerprint density at radius 2 is 1.89 bits per heavy atom. The Hall–Kier alpha value is -4.94. The van der Waals surface area contributed by atoms with Crippen LogP contribution >= 0.6 is 0 Å². The van der Waals surface area contributed by atoms with Gasteiger partial charge in [0, 0.05) is 19.0 Å². The van der Waals surface area contributed by atoms with Crippen LogP contribution < -0.4 is 15.5 Å². The first kappa shape index (κ1) is 31.5. The predicted molar refractivity (Wildman–Crippen MR) is 164 cm³/mol. The maximum atomic E-state index is 15.3. The molecule has 45 heavy (non-hydrogen) atoms. The zero-order chi connectivity index (χ0) is 32.2. The predicted octanol–water partition coefficient (Wildman–Crippen LogP) is 4.39. The quantitative estimate of drug-likeness (QED) is 0.322. The molecule has 2 saturated heterocycles. The molecule has 1 aromatic heterocycles. The van der Waals surface area contributed by atoms with E-state index < -0.39 is 36.1 Å². The molecule has 12 nitrogen and oxygen atoms in total. The second kappa shape index (κ2) is 13.4. The third kappa shape index (κ3) is 6.92. The first-order valence-electron chi connectivity index (χ1n) is 14.9. The van der Waals surface area contributed by atoms with E-state index in [-0.39, 0.29) is 31.0 Å². The number of rotatable bonds is 9. The monoisotopic (exact) mass is 620 g/mol. The summed E-state index contributed by atoms with van der Waals surface area (Å²) < 4.78 is 25.3. The third-order valence-corrected chi connectivity index (χ3v) is 8.13. The van der Waals surface area contributed by atoms with Gasteiger partial charge in [0.05, 0.1) is 43.8 Å². The Morgan fingerprint density at radius 3 is 2.56 bits per heavy atom. The molecule has 3 heterocycles. The molecule has 13 heteroatoms. The standard InChI is InChI=1S/C32H37FN6O6/c1-18(2)28(37-31(42)44-4)30(41)35-15-23-17-39(32(43)45-23)22-11-12-24(25(33)14-22)20-7-9-21(10-8-20)26-16-34-29(36-26)27-6-5-13-38(27)19(3)40/h7-12,14,16,18,23,27-28H,5-6,13,15,17H2,1-4H3,(H,34,36)(H,35,41)(H,37,42)/t23-,27-,28-/m0/s1. The number of amides is 4. The molecule has 0 saturated carbocycles. The lowest BCUT2D eigenvalue weighted by Crippen LogP contribution is -2.51. The van der Waals surface area contributed by atoms with Crippen molar-refractivity contribution in [1.29, 1.82) is 0 Å². The number of aromatic nitrogens is 2. The van der Waals surface area contributed by atoms with E-state index in [1.807, 2.05) is 29.2 Å². The Bertz CT molecular complexity index is 1570. The van der Waals surface area contributed by atoms with Gasteiger partial charge >= 0.3 is 12.2 Å². The van der Waals surface area contributed by atoms with E-state index in [4.69, 9.17) is 4.74 Å². The molecule has 4 amide bonds. The number of nitrogens with one attached hydrogen (secondary N) is 3. The third-order valence-electron chi connectivity index (χ3n) is 8.13. The zero-order valence-corrected chi connectivity index (χ0v) is 25.6. The highest BCUT2D eigenvalue weighted by Gasteiger charge is 2.34. The van der Waals surface area contributed by atoms with Crippen LogP contribution in [0.5, 0.6) is 0 Å². The van der Waals surface area contributed by atoms with E-state index in [2.05, 4.69) is 25.3 Å². The second-order valence-corrected chi connectivity index (χ2v) is 11.5. The average Bonchev–Trinajstić information content (AvgIpc) is 3.78. The Labute approximate surface area is 260 Å². The van der Waals surface area contributed by atoms with Gasteiger partial charge in [0.1, 0.15) is 23.8 Å². The van der Waals surface area contributed by atoms with Crippen LogP contribution in [0.25, 0.3) is 22.4 Å². The summed E-state index contributed by atoms with van der Waals surface area (Å²) in [6, 6.07) is 11.0. The molecule has 2 aromatic carbocycles. The lowest BCUT2D eigenvalue weighted by Gasteiger charge is -2.21. The van der Waals surface area contributed by atoms with Crippen molar-refractivity contribution < 1.29 is 33.0 Å². The summed E-state index contributed by atoms with van der Waals surface area (Å²) in [5.41, 5.74) is 3.04. The highest BCUT2D eigenvalue weighted by molar-refractivity contribution is 5.90. The van der Waals surface area contributed by atoms with E-state index >= 15 is 4.39 Å². The summed E-state index contributed by atoms with van der Waals surface area (Å²) in [6.07, 6.45) is 1.51. The summed E-state index contributed by atoms with van der Waals surface area (Å²) in [5.74, 6) is -0.363. The molecule has 0 radical (unpaired) electrons. The minimum Gasteiger partial charge on any atom is -0.453 e. The van der Waals surface area contributed by atoms with Crippen LogP contribution in [-0.4, -0.2) is 77.8 Å². The van der Waals surface area contributed by atoms with Crippen molar-refractivity contribution in [1.82, 2.24) is 25.5 Å². The van der Waals surface area contributed by atoms with Crippen molar-refractivity contribution in [2.45, 2.75) is 51.8 Å². The molecule has 2 aliphatic heterocycles. The van der Waals surface area contributed by atoms with Crippen molar-refractivity contribution in [3.63, 3.8) is 0 Å². The number of halogens is 1. The number of alkyl carbamates (subject to hydrolysis) is 1. The van der Waals surface area contributed by atoms with Crippen molar-refractivity contribution in [3.8, 4) is 22.4 Å². The molecule has 3 atom stereocenters. The highest BCUT2D eigenvalue weighted by Crippen LogP contribution is 2.33. The SMILES string of the molecule is COC(=O)N[C@H](C(=O)NC[C@H]1CN(c2ccc(-c3ccc(-c4cnc([C@@H]5CCCN5C(C)=O)[nH]4)cc3)c(F)c2)C(=O)O1)C(C)C. The van der Waals surface area contributed by atoms with Gasteiger partial charge in [0.2, 0.25) is 11.8 Å². The number of methoxy groups -OCH3 is 1. The number of likely N-dealkylation sites (tertiary alicyclic amines) is 1. The van der Waals surface area contributed by atoms with Crippen LogP contribution in [-0.2, 0) is 19.1 Å². The fourth-order valence-corrected chi connectivity index (χ4v) is 5.70. The number of hydrogen-bond acceptors (Lipinski definition) is 7. The van der Waals surface area contributed by atoms with Gasteiger partial charge in [-0.15, -0.1) is 0 Å². The summed E-state index contributed by atoms with van der Waals surface area (Å²) in [5, 5.41) is 5.19. The molecule has 3 N–H and O–H groups in total. The van der Waals surface area contributed by atoms with Crippen molar-refractivity contribution in [2.75, 3.05) is 31.6 Å². The number of H-pyrrole nitrogens is 1. The number of carbonyl (C=O) groups excluding carboxylic acids is 4. The van der Waals surface area contributed by atoms with Gasteiger partial charge in [-0.25, -0.2) is 19.0 Å². The minimum atomic E-state index is -0.825. The number of anilines is 1. The van der Waals surface area contributed by atoms with Gasteiger partial charge in [-0.1, -0.05) is 38.1 Å². The number of benzene rings is 2. The minimum absolute atomic E-state index is 0.0214. The fraction of sp³-hybridized carbons (Fsp3) is 0.406. The summed E-state index contributed by atoms with van der Waals surface area (Å²) in [4.78, 5) is 59.8. The molecule has 0 aliphatic carbocycles. The maximum absolute atomic E-state index is 15.3. The van der Waals surface area contributed by atoms with E-state index in [0.29, 0.717) is 16.8 Å². The van der Waals surface area contributed by atoms with E-state index in [1.165, 1.54) is 18.1 Å². The largest absolute Gasteiger partial charge is 0.453 e. The van der Waals surface area contributed by atoms with Gasteiger partial charge in [-0.3, -0.25) is 14.5 Å². The molecule has 5 rings (SSSR count). The van der Waals surface area contributed by atoms with Crippen LogP contribution in [0.2, 0.25) is 0 Å². The lowest BCUT2D eigenvalue weighted by atomic mass is 10.0. The fourth-order valence-electron chi connectivity index (χ4n) is 5.70. The smallest absolute Gasteiger partial charge is 0.414 e. The van der Waals surface area contributed by atoms with Crippen LogP contribution in [0.1, 0.15) is 45.5 Å². The van der Waals surface area contributed by atoms with E-state index in [9.17, 15) is 19.2 Å². The number of cyclic esters (lactones) is 1.